The lowest BCUT2D eigenvalue weighted by atomic mass is 10.0. The highest BCUT2D eigenvalue weighted by Crippen LogP contribution is 2.35. The molecule has 6 rings (SSSR count). The summed E-state index contributed by atoms with van der Waals surface area (Å²) in [6, 6.07) is 26.1. The van der Waals surface area contributed by atoms with Gasteiger partial charge in [0.1, 0.15) is 10.6 Å². The minimum absolute atomic E-state index is 0.00299. The molecule has 0 N–H and O–H groups in total. The smallest absolute Gasteiger partial charge is 0.267 e. The first-order valence-electron chi connectivity index (χ1n) is 13.0. The number of fused-ring (bicyclic) bond motifs is 3. The summed E-state index contributed by atoms with van der Waals surface area (Å²) >= 11 is 9.31. The van der Waals surface area contributed by atoms with Gasteiger partial charge in [-0.3, -0.25) is 14.3 Å². The van der Waals surface area contributed by atoms with Crippen LogP contribution in [0.15, 0.2) is 88.8 Å². The average Bonchev–Trinajstić information content (AvgIpc) is 3.32. The molecule has 2 aromatic heterocycles. The van der Waals surface area contributed by atoms with Crippen molar-refractivity contribution >= 4 is 44.9 Å². The Morgan fingerprint density at radius 2 is 1.77 bits per heavy atom. The van der Waals surface area contributed by atoms with Crippen molar-refractivity contribution in [2.45, 2.75) is 37.3 Å². The van der Waals surface area contributed by atoms with Gasteiger partial charge in [0.15, 0.2) is 5.16 Å². The van der Waals surface area contributed by atoms with E-state index in [-0.39, 0.29) is 5.56 Å². The molecular formula is C31H28ClN3O2S2. The van der Waals surface area contributed by atoms with Crippen molar-refractivity contribution in [2.24, 2.45) is 0 Å². The van der Waals surface area contributed by atoms with Crippen LogP contribution in [0.2, 0.25) is 5.02 Å². The molecule has 39 heavy (non-hydrogen) atoms. The summed E-state index contributed by atoms with van der Waals surface area (Å²) in [6.45, 7) is 5.21. The molecule has 1 aliphatic heterocycles. The van der Waals surface area contributed by atoms with Gasteiger partial charge < -0.3 is 4.74 Å². The van der Waals surface area contributed by atoms with Crippen molar-refractivity contribution < 1.29 is 4.74 Å². The molecule has 0 radical (unpaired) electrons. The van der Waals surface area contributed by atoms with Gasteiger partial charge in [-0.25, -0.2) is 4.98 Å². The second-order valence-electron chi connectivity index (χ2n) is 9.51. The van der Waals surface area contributed by atoms with Crippen LogP contribution >= 0.6 is 34.7 Å². The molecule has 5 nitrogen and oxygen atoms in total. The Morgan fingerprint density at radius 1 is 1.00 bits per heavy atom. The monoisotopic (exact) mass is 573 g/mol. The maximum Gasteiger partial charge on any atom is 0.267 e. The van der Waals surface area contributed by atoms with Crippen LogP contribution in [0.25, 0.3) is 15.9 Å². The van der Waals surface area contributed by atoms with Crippen LogP contribution in [0.5, 0.6) is 5.75 Å². The minimum atomic E-state index is -0.00299. The molecular weight excluding hydrogens is 546 g/mol. The number of nitrogens with zero attached hydrogens (tertiary/aromatic N) is 3. The topological polar surface area (TPSA) is 47.4 Å². The molecule has 198 valence electrons. The molecule has 3 aromatic carbocycles. The fourth-order valence-electron chi connectivity index (χ4n) is 4.96. The van der Waals surface area contributed by atoms with Crippen LogP contribution in [-0.2, 0) is 25.3 Å². The van der Waals surface area contributed by atoms with Gasteiger partial charge in [-0.2, -0.15) is 0 Å². The van der Waals surface area contributed by atoms with Crippen LogP contribution in [0.3, 0.4) is 0 Å². The van der Waals surface area contributed by atoms with E-state index >= 15 is 0 Å². The third-order valence-corrected chi connectivity index (χ3v) is 9.23. The van der Waals surface area contributed by atoms with Gasteiger partial charge in [0.05, 0.1) is 17.7 Å². The van der Waals surface area contributed by atoms with Crippen molar-refractivity contribution in [2.75, 3.05) is 13.2 Å². The number of halogens is 1. The van der Waals surface area contributed by atoms with Gasteiger partial charge in [0.25, 0.3) is 5.56 Å². The van der Waals surface area contributed by atoms with E-state index in [1.165, 1.54) is 10.4 Å². The zero-order valence-corrected chi connectivity index (χ0v) is 24.0. The number of thioether (sulfide) groups is 1. The van der Waals surface area contributed by atoms with Gasteiger partial charge in [-0.1, -0.05) is 65.8 Å². The van der Waals surface area contributed by atoms with Gasteiger partial charge in [-0.15, -0.1) is 11.3 Å². The molecule has 0 aliphatic carbocycles. The van der Waals surface area contributed by atoms with E-state index in [1.54, 1.807) is 27.7 Å². The van der Waals surface area contributed by atoms with Crippen molar-refractivity contribution in [3.05, 3.63) is 116 Å². The molecule has 1 aliphatic rings. The van der Waals surface area contributed by atoms with E-state index in [2.05, 4.69) is 29.2 Å². The highest BCUT2D eigenvalue weighted by atomic mass is 35.5. The Morgan fingerprint density at radius 3 is 2.51 bits per heavy atom. The second kappa shape index (κ2) is 11.6. The predicted molar refractivity (Wildman–Crippen MR) is 162 cm³/mol. The van der Waals surface area contributed by atoms with E-state index in [4.69, 9.17) is 21.3 Å². The molecule has 0 fully saturated rings. The summed E-state index contributed by atoms with van der Waals surface area (Å²) in [7, 11) is 0. The molecule has 0 amide bonds. The number of aromatic nitrogens is 2. The third kappa shape index (κ3) is 5.63. The van der Waals surface area contributed by atoms with Crippen molar-refractivity contribution in [3.63, 3.8) is 0 Å². The number of ether oxygens (including phenoxy) is 1. The molecule has 0 atom stereocenters. The summed E-state index contributed by atoms with van der Waals surface area (Å²) in [4.78, 5) is 23.8. The summed E-state index contributed by atoms with van der Waals surface area (Å²) in [5, 5.41) is 2.16. The molecule has 0 unspecified atom stereocenters. The van der Waals surface area contributed by atoms with E-state index in [9.17, 15) is 4.79 Å². The number of hydrogen-bond acceptors (Lipinski definition) is 6. The molecule has 3 heterocycles. The van der Waals surface area contributed by atoms with Gasteiger partial charge in [-0.05, 0) is 66.4 Å². The lowest BCUT2D eigenvalue weighted by Gasteiger charge is -2.26. The Labute approximate surface area is 241 Å². The summed E-state index contributed by atoms with van der Waals surface area (Å²) in [5.41, 5.74) is 4.37. The van der Waals surface area contributed by atoms with Gasteiger partial charge in [0.2, 0.25) is 0 Å². The SMILES string of the molecule is CCOc1ccc(-n2c(SCc3ccc(Cl)cc3)nc3sc4c(c3c2=O)CCN(Cc2ccccc2)C4)cc1. The second-order valence-corrected chi connectivity index (χ2v) is 12.0. The van der Waals surface area contributed by atoms with Gasteiger partial charge >= 0.3 is 0 Å². The quantitative estimate of drug-likeness (QED) is 0.143. The van der Waals surface area contributed by atoms with Crippen LogP contribution in [0, 0.1) is 0 Å². The normalized spacial score (nSPS) is 13.5. The number of benzene rings is 3. The van der Waals surface area contributed by atoms with Crippen LogP contribution in [0.1, 0.15) is 28.5 Å². The van der Waals surface area contributed by atoms with Crippen molar-refractivity contribution in [1.82, 2.24) is 14.5 Å². The van der Waals surface area contributed by atoms with Crippen molar-refractivity contribution in [1.29, 1.82) is 0 Å². The lowest BCUT2D eigenvalue weighted by molar-refractivity contribution is 0.249. The van der Waals surface area contributed by atoms with Gasteiger partial charge in [0, 0.05) is 35.3 Å². The van der Waals surface area contributed by atoms with E-state index < -0.39 is 0 Å². The van der Waals surface area contributed by atoms with Crippen molar-refractivity contribution in [3.8, 4) is 11.4 Å². The predicted octanol–water partition coefficient (Wildman–Crippen LogP) is 7.35. The molecule has 0 saturated heterocycles. The summed E-state index contributed by atoms with van der Waals surface area (Å²) in [6.07, 6.45) is 0.847. The molecule has 5 aromatic rings. The van der Waals surface area contributed by atoms with Crippen LogP contribution in [0.4, 0.5) is 0 Å². The Kier molecular flexibility index (Phi) is 7.75. The average molecular weight is 574 g/mol. The molecule has 0 saturated carbocycles. The van der Waals surface area contributed by atoms with E-state index in [0.717, 1.165) is 58.8 Å². The molecule has 0 spiro atoms. The first-order chi connectivity index (χ1) is 19.1. The fraction of sp³-hybridized carbons (Fsp3) is 0.226. The first-order valence-corrected chi connectivity index (χ1v) is 15.2. The summed E-state index contributed by atoms with van der Waals surface area (Å²) < 4.78 is 7.40. The molecule has 8 heteroatoms. The van der Waals surface area contributed by atoms with E-state index in [0.29, 0.717) is 22.5 Å². The minimum Gasteiger partial charge on any atom is -0.494 e. The highest BCUT2D eigenvalue weighted by molar-refractivity contribution is 7.98. The Balaban J connectivity index is 1.38. The third-order valence-electron chi connectivity index (χ3n) is 6.86. The largest absolute Gasteiger partial charge is 0.494 e. The first kappa shape index (κ1) is 26.1. The Hall–Kier alpha value is -3.10. The Bertz CT molecular complexity index is 1650. The molecule has 0 bridgehead atoms. The highest BCUT2D eigenvalue weighted by Gasteiger charge is 2.26. The van der Waals surface area contributed by atoms with Crippen LogP contribution in [-0.4, -0.2) is 27.6 Å². The van der Waals surface area contributed by atoms with Crippen LogP contribution < -0.4 is 10.3 Å². The zero-order chi connectivity index (χ0) is 26.8. The standard InChI is InChI=1S/C31H28ClN3O2S2/c1-2-37-25-14-12-24(13-15-25)35-30(36)28-26-16-17-34(18-21-6-4-3-5-7-21)19-27(26)39-29(28)33-31(35)38-20-22-8-10-23(32)11-9-22/h3-15H,2,16-20H2,1H3. The maximum atomic E-state index is 14.2. The zero-order valence-electron chi connectivity index (χ0n) is 21.6. The number of thiophene rings is 1. The summed E-state index contributed by atoms with van der Waals surface area (Å²) in [5.74, 6) is 1.47. The lowest BCUT2D eigenvalue weighted by Crippen LogP contribution is -2.30. The maximum absolute atomic E-state index is 14.2. The van der Waals surface area contributed by atoms with E-state index in [1.807, 2.05) is 61.5 Å². The fourth-order valence-corrected chi connectivity index (χ4v) is 7.36. The number of rotatable bonds is 8. The number of hydrogen-bond donors (Lipinski definition) is 0.